The Hall–Kier alpha value is -2.04. The van der Waals surface area contributed by atoms with Gasteiger partial charge in [-0.25, -0.2) is 19.9 Å². The number of hydrogen-bond donors (Lipinski definition) is 1. The fraction of sp³-hybridized carbons (Fsp3) is 0.467. The molecule has 5 nitrogen and oxygen atoms in total. The van der Waals surface area contributed by atoms with Gasteiger partial charge in [-0.1, -0.05) is 13.8 Å². The largest absolute Gasteiger partial charge is 0.370 e. The lowest BCUT2D eigenvalue weighted by Crippen LogP contribution is -2.07. The topological polar surface area (TPSA) is 63.6 Å². The second-order valence-corrected chi connectivity index (χ2v) is 5.28. The molecule has 2 aromatic heterocycles. The molecule has 0 saturated heterocycles. The fourth-order valence-corrected chi connectivity index (χ4v) is 1.90. The molecule has 0 aromatic carbocycles. The van der Waals surface area contributed by atoms with Crippen molar-refractivity contribution in [2.45, 2.75) is 34.1 Å². The molecule has 2 heterocycles. The minimum atomic E-state index is 0.547. The van der Waals surface area contributed by atoms with Crippen LogP contribution in [0, 0.1) is 12.8 Å². The molecule has 0 saturated carbocycles. The van der Waals surface area contributed by atoms with Gasteiger partial charge in [0.2, 0.25) is 0 Å². The van der Waals surface area contributed by atoms with Gasteiger partial charge in [-0.2, -0.15) is 0 Å². The van der Waals surface area contributed by atoms with Gasteiger partial charge in [0, 0.05) is 30.7 Å². The Morgan fingerprint density at radius 3 is 2.40 bits per heavy atom. The van der Waals surface area contributed by atoms with Gasteiger partial charge in [0.25, 0.3) is 0 Å². The van der Waals surface area contributed by atoms with Crippen LogP contribution in [-0.2, 0) is 6.42 Å². The van der Waals surface area contributed by atoms with Gasteiger partial charge < -0.3 is 5.32 Å². The Morgan fingerprint density at radius 2 is 1.80 bits per heavy atom. The van der Waals surface area contributed by atoms with Crippen molar-refractivity contribution in [3.63, 3.8) is 0 Å². The molecule has 20 heavy (non-hydrogen) atoms. The van der Waals surface area contributed by atoms with E-state index >= 15 is 0 Å². The third-order valence-corrected chi connectivity index (χ3v) is 2.74. The molecule has 0 amide bonds. The summed E-state index contributed by atoms with van der Waals surface area (Å²) in [5.41, 5.74) is 2.05. The average Bonchev–Trinajstić information content (AvgIpc) is 2.38. The van der Waals surface area contributed by atoms with Crippen LogP contribution < -0.4 is 5.32 Å². The molecule has 2 rings (SSSR count). The molecule has 0 radical (unpaired) electrons. The van der Waals surface area contributed by atoms with Gasteiger partial charge in [0.05, 0.1) is 0 Å². The molecule has 0 unspecified atom stereocenters. The average molecular weight is 271 g/mol. The lowest BCUT2D eigenvalue weighted by atomic mass is 10.1. The van der Waals surface area contributed by atoms with Crippen molar-refractivity contribution in [1.82, 2.24) is 19.9 Å². The number of aryl methyl sites for hydroxylation is 1. The van der Waals surface area contributed by atoms with Crippen LogP contribution in [0.4, 0.5) is 5.82 Å². The standard InChI is InChI=1S/C15H21N5/c1-5-16-13-7-12(6-10(2)3)19-15(20-13)14-17-8-11(4)9-18-14/h7-10H,5-6H2,1-4H3,(H,16,19,20). The highest BCUT2D eigenvalue weighted by Gasteiger charge is 2.10. The molecule has 106 valence electrons. The quantitative estimate of drug-likeness (QED) is 0.906. The van der Waals surface area contributed by atoms with Crippen molar-refractivity contribution in [1.29, 1.82) is 0 Å². The Labute approximate surface area is 119 Å². The predicted octanol–water partition coefficient (Wildman–Crippen LogP) is 2.87. The van der Waals surface area contributed by atoms with Crippen LogP contribution >= 0.6 is 0 Å². The SMILES string of the molecule is CCNc1cc(CC(C)C)nc(-c2ncc(C)cn2)n1. The van der Waals surface area contributed by atoms with E-state index in [4.69, 9.17) is 0 Å². The fourth-order valence-electron chi connectivity index (χ4n) is 1.90. The highest BCUT2D eigenvalue weighted by Crippen LogP contribution is 2.16. The number of aromatic nitrogens is 4. The van der Waals surface area contributed by atoms with E-state index in [1.165, 1.54) is 0 Å². The van der Waals surface area contributed by atoms with Crippen LogP contribution in [0.15, 0.2) is 18.5 Å². The minimum absolute atomic E-state index is 0.547. The molecular weight excluding hydrogens is 250 g/mol. The van der Waals surface area contributed by atoms with E-state index in [1.807, 2.05) is 19.9 Å². The summed E-state index contributed by atoms with van der Waals surface area (Å²) >= 11 is 0. The van der Waals surface area contributed by atoms with Crippen molar-refractivity contribution in [3.05, 3.63) is 29.7 Å². The molecule has 0 atom stereocenters. The molecule has 0 bridgehead atoms. The van der Waals surface area contributed by atoms with Crippen molar-refractivity contribution in [2.75, 3.05) is 11.9 Å². The lowest BCUT2D eigenvalue weighted by molar-refractivity contribution is 0.634. The summed E-state index contributed by atoms with van der Waals surface area (Å²) in [6.07, 6.45) is 4.49. The van der Waals surface area contributed by atoms with Crippen LogP contribution in [0.5, 0.6) is 0 Å². The van der Waals surface area contributed by atoms with Crippen molar-refractivity contribution >= 4 is 5.82 Å². The maximum absolute atomic E-state index is 4.58. The van der Waals surface area contributed by atoms with Gasteiger partial charge in [0.15, 0.2) is 11.6 Å². The van der Waals surface area contributed by atoms with Gasteiger partial charge in [-0.3, -0.25) is 0 Å². The summed E-state index contributed by atoms with van der Waals surface area (Å²) in [6, 6.07) is 2.00. The molecule has 5 heteroatoms. The van der Waals surface area contributed by atoms with E-state index < -0.39 is 0 Å². The van der Waals surface area contributed by atoms with E-state index in [0.717, 1.165) is 30.0 Å². The van der Waals surface area contributed by atoms with E-state index in [-0.39, 0.29) is 0 Å². The zero-order valence-electron chi connectivity index (χ0n) is 12.5. The normalized spacial score (nSPS) is 10.8. The van der Waals surface area contributed by atoms with Crippen molar-refractivity contribution in [3.8, 4) is 11.6 Å². The summed E-state index contributed by atoms with van der Waals surface area (Å²) in [5, 5.41) is 3.24. The Morgan fingerprint density at radius 1 is 1.10 bits per heavy atom. The third kappa shape index (κ3) is 3.73. The Kier molecular flexibility index (Phi) is 4.61. The van der Waals surface area contributed by atoms with E-state index in [2.05, 4.69) is 39.1 Å². The molecule has 0 aliphatic rings. The number of rotatable bonds is 5. The van der Waals surface area contributed by atoms with Crippen LogP contribution in [0.3, 0.4) is 0 Å². The summed E-state index contributed by atoms with van der Waals surface area (Å²) in [4.78, 5) is 17.7. The van der Waals surface area contributed by atoms with Crippen LogP contribution in [-0.4, -0.2) is 26.5 Å². The molecule has 0 aliphatic heterocycles. The second-order valence-electron chi connectivity index (χ2n) is 5.28. The highest BCUT2D eigenvalue weighted by atomic mass is 15.1. The molecule has 0 spiro atoms. The minimum Gasteiger partial charge on any atom is -0.370 e. The van der Waals surface area contributed by atoms with E-state index in [1.54, 1.807) is 12.4 Å². The molecular formula is C15H21N5. The van der Waals surface area contributed by atoms with Gasteiger partial charge >= 0.3 is 0 Å². The Balaban J connectivity index is 2.40. The summed E-state index contributed by atoms with van der Waals surface area (Å²) in [7, 11) is 0. The van der Waals surface area contributed by atoms with Crippen LogP contribution in [0.25, 0.3) is 11.6 Å². The molecule has 0 aliphatic carbocycles. The summed E-state index contributed by atoms with van der Waals surface area (Å²) < 4.78 is 0. The zero-order valence-corrected chi connectivity index (χ0v) is 12.5. The predicted molar refractivity (Wildman–Crippen MR) is 80.5 cm³/mol. The van der Waals surface area contributed by atoms with Gasteiger partial charge in [-0.15, -0.1) is 0 Å². The van der Waals surface area contributed by atoms with Crippen molar-refractivity contribution < 1.29 is 0 Å². The number of anilines is 1. The van der Waals surface area contributed by atoms with E-state index in [9.17, 15) is 0 Å². The molecule has 1 N–H and O–H groups in total. The first kappa shape index (κ1) is 14.4. The smallest absolute Gasteiger partial charge is 0.199 e. The molecule has 2 aromatic rings. The Bertz CT molecular complexity index is 563. The summed E-state index contributed by atoms with van der Waals surface area (Å²) in [6.45, 7) is 9.19. The third-order valence-electron chi connectivity index (χ3n) is 2.74. The van der Waals surface area contributed by atoms with Gasteiger partial charge in [-0.05, 0) is 31.7 Å². The number of nitrogens with one attached hydrogen (secondary N) is 1. The second kappa shape index (κ2) is 6.41. The van der Waals surface area contributed by atoms with Crippen molar-refractivity contribution in [2.24, 2.45) is 5.92 Å². The van der Waals surface area contributed by atoms with Crippen LogP contribution in [0.1, 0.15) is 32.0 Å². The first-order valence-corrected chi connectivity index (χ1v) is 6.99. The first-order valence-electron chi connectivity index (χ1n) is 6.99. The monoisotopic (exact) mass is 271 g/mol. The van der Waals surface area contributed by atoms with Gasteiger partial charge in [0.1, 0.15) is 5.82 Å². The highest BCUT2D eigenvalue weighted by molar-refractivity contribution is 5.49. The number of hydrogen-bond acceptors (Lipinski definition) is 5. The number of nitrogens with zero attached hydrogens (tertiary/aromatic N) is 4. The maximum atomic E-state index is 4.58. The molecule has 0 fully saturated rings. The van der Waals surface area contributed by atoms with E-state index in [0.29, 0.717) is 17.6 Å². The zero-order chi connectivity index (χ0) is 14.5. The van der Waals surface area contributed by atoms with Crippen LogP contribution in [0.2, 0.25) is 0 Å². The first-order chi connectivity index (χ1) is 9.58. The lowest BCUT2D eigenvalue weighted by Gasteiger charge is -2.09. The summed E-state index contributed by atoms with van der Waals surface area (Å²) in [5.74, 6) is 2.53. The maximum Gasteiger partial charge on any atom is 0.199 e.